The highest BCUT2D eigenvalue weighted by Crippen LogP contribution is 2.33. The van der Waals surface area contributed by atoms with Gasteiger partial charge in [-0.05, 0) is 43.2 Å². The molecule has 0 aliphatic carbocycles. The number of rotatable bonds is 4. The van der Waals surface area contributed by atoms with Crippen molar-refractivity contribution < 1.29 is 22.4 Å². The summed E-state index contributed by atoms with van der Waals surface area (Å²) in [5.74, 6) is 2.41. The van der Waals surface area contributed by atoms with E-state index in [1.165, 1.54) is 6.07 Å². The maximum absolute atomic E-state index is 12.7. The van der Waals surface area contributed by atoms with Crippen LogP contribution in [0.15, 0.2) is 53.2 Å². The van der Waals surface area contributed by atoms with Crippen LogP contribution in [0.25, 0.3) is 22.3 Å². The van der Waals surface area contributed by atoms with Crippen molar-refractivity contribution in [2.75, 3.05) is 25.1 Å². The molecule has 0 spiro atoms. The van der Waals surface area contributed by atoms with Gasteiger partial charge in [-0.25, -0.2) is 4.98 Å². The number of alkyl halides is 3. The highest BCUT2D eigenvalue weighted by Gasteiger charge is 2.32. The zero-order valence-electron chi connectivity index (χ0n) is 17.7. The van der Waals surface area contributed by atoms with Crippen LogP contribution in [-0.2, 0) is 6.18 Å². The van der Waals surface area contributed by atoms with E-state index >= 15 is 0 Å². The molecule has 10 heteroatoms. The van der Waals surface area contributed by atoms with Gasteiger partial charge in [-0.1, -0.05) is 17.3 Å². The summed E-state index contributed by atoms with van der Waals surface area (Å²) in [6.07, 6.45) is -1.79. The van der Waals surface area contributed by atoms with Gasteiger partial charge < -0.3 is 14.2 Å². The van der Waals surface area contributed by atoms with Crippen LogP contribution in [0.5, 0.6) is 5.75 Å². The van der Waals surface area contributed by atoms with Crippen molar-refractivity contribution in [3.8, 4) is 17.1 Å². The van der Waals surface area contributed by atoms with Crippen LogP contribution >= 0.6 is 0 Å². The number of benzene rings is 1. The molecule has 0 atom stereocenters. The van der Waals surface area contributed by atoms with Crippen LogP contribution in [0.1, 0.15) is 30.3 Å². The molecule has 0 radical (unpaired) electrons. The number of hydrogen-bond acceptors (Lipinski definition) is 7. The molecule has 1 saturated heterocycles. The fourth-order valence-electron chi connectivity index (χ4n) is 4.02. The second-order valence-corrected chi connectivity index (χ2v) is 7.85. The quantitative estimate of drug-likeness (QED) is 0.424. The largest absolute Gasteiger partial charge is 0.494 e. The van der Waals surface area contributed by atoms with Gasteiger partial charge in [-0.3, -0.25) is 4.98 Å². The maximum atomic E-state index is 12.7. The molecular formula is C23H20F3N5O2. The third-order valence-corrected chi connectivity index (χ3v) is 5.81. The number of methoxy groups -OCH3 is 1. The molecule has 0 saturated carbocycles. The van der Waals surface area contributed by atoms with Gasteiger partial charge in [0.05, 0.1) is 7.11 Å². The van der Waals surface area contributed by atoms with Crippen LogP contribution in [0.3, 0.4) is 0 Å². The molecule has 33 heavy (non-hydrogen) atoms. The predicted octanol–water partition coefficient (Wildman–Crippen LogP) is 5.09. The van der Waals surface area contributed by atoms with Crippen LogP contribution in [-0.4, -0.2) is 40.3 Å². The van der Waals surface area contributed by atoms with Crippen molar-refractivity contribution in [3.05, 3.63) is 60.2 Å². The first-order valence-corrected chi connectivity index (χ1v) is 10.5. The number of nitrogens with zero attached hydrogens (tertiary/aromatic N) is 5. The van der Waals surface area contributed by atoms with E-state index in [1.807, 2.05) is 30.3 Å². The van der Waals surface area contributed by atoms with E-state index in [0.29, 0.717) is 11.5 Å². The van der Waals surface area contributed by atoms with E-state index in [9.17, 15) is 13.2 Å². The molecule has 0 amide bonds. The number of hydrogen-bond donors (Lipinski definition) is 0. The Morgan fingerprint density at radius 1 is 1.03 bits per heavy atom. The lowest BCUT2D eigenvalue weighted by molar-refractivity contribution is -0.141. The smallest absolute Gasteiger partial charge is 0.433 e. The molecule has 170 valence electrons. The number of anilines is 1. The monoisotopic (exact) mass is 455 g/mol. The lowest BCUT2D eigenvalue weighted by Crippen LogP contribution is -2.33. The first kappa shape index (κ1) is 21.2. The number of fused-ring (bicyclic) bond motifs is 1. The van der Waals surface area contributed by atoms with E-state index in [-0.39, 0.29) is 11.7 Å². The number of halogens is 3. The SMILES string of the molecule is COc1cccc2ccc(N3CCC(c4nc(-c5ccc(C(F)(F)F)nc5)no4)CC3)nc12. The summed E-state index contributed by atoms with van der Waals surface area (Å²) in [5.41, 5.74) is 0.248. The van der Waals surface area contributed by atoms with Crippen molar-refractivity contribution in [1.82, 2.24) is 20.1 Å². The summed E-state index contributed by atoms with van der Waals surface area (Å²) in [5, 5.41) is 4.95. The topological polar surface area (TPSA) is 77.2 Å². The highest BCUT2D eigenvalue weighted by molar-refractivity contribution is 5.86. The fraction of sp³-hybridized carbons (Fsp3) is 0.304. The van der Waals surface area contributed by atoms with Gasteiger partial charge in [0.15, 0.2) is 0 Å². The summed E-state index contributed by atoms with van der Waals surface area (Å²) >= 11 is 0. The van der Waals surface area contributed by atoms with Crippen molar-refractivity contribution in [2.24, 2.45) is 0 Å². The van der Waals surface area contributed by atoms with Gasteiger partial charge >= 0.3 is 6.18 Å². The summed E-state index contributed by atoms with van der Waals surface area (Å²) < 4.78 is 49.0. The van der Waals surface area contributed by atoms with E-state index in [0.717, 1.165) is 60.7 Å². The Labute approximate surface area is 187 Å². The average Bonchev–Trinajstić information content (AvgIpc) is 3.33. The van der Waals surface area contributed by atoms with Crippen LogP contribution in [0, 0.1) is 0 Å². The van der Waals surface area contributed by atoms with Gasteiger partial charge in [0.25, 0.3) is 0 Å². The highest BCUT2D eigenvalue weighted by atomic mass is 19.4. The van der Waals surface area contributed by atoms with Gasteiger partial charge in [-0.15, -0.1) is 0 Å². The van der Waals surface area contributed by atoms with Gasteiger partial charge in [-0.2, -0.15) is 18.2 Å². The van der Waals surface area contributed by atoms with Crippen LogP contribution in [0.4, 0.5) is 19.0 Å². The maximum Gasteiger partial charge on any atom is 0.433 e. The summed E-state index contributed by atoms with van der Waals surface area (Å²) in [6.45, 7) is 1.52. The Hall–Kier alpha value is -3.69. The first-order chi connectivity index (χ1) is 15.9. The Bertz CT molecular complexity index is 1270. The molecule has 1 aromatic carbocycles. The minimum atomic E-state index is -4.49. The molecule has 0 N–H and O–H groups in total. The molecule has 0 unspecified atom stereocenters. The molecule has 7 nitrogen and oxygen atoms in total. The summed E-state index contributed by atoms with van der Waals surface area (Å²) in [4.78, 5) is 14.9. The third kappa shape index (κ3) is 4.20. The van der Waals surface area contributed by atoms with Gasteiger partial charge in [0.2, 0.25) is 11.7 Å². The van der Waals surface area contributed by atoms with E-state index in [1.54, 1.807) is 7.11 Å². The van der Waals surface area contributed by atoms with Gasteiger partial charge in [0, 0.05) is 36.2 Å². The average molecular weight is 455 g/mol. The number of ether oxygens (including phenoxy) is 1. The molecule has 1 aliphatic rings. The molecule has 4 heterocycles. The normalized spacial score (nSPS) is 15.2. The summed E-state index contributed by atoms with van der Waals surface area (Å²) in [6, 6.07) is 12.1. The number of aromatic nitrogens is 4. The molecule has 0 bridgehead atoms. The van der Waals surface area contributed by atoms with Crippen molar-refractivity contribution >= 4 is 16.7 Å². The minimum Gasteiger partial charge on any atom is -0.494 e. The molecule has 1 aliphatic heterocycles. The van der Waals surface area contributed by atoms with Gasteiger partial charge in [0.1, 0.15) is 22.8 Å². The Balaban J connectivity index is 1.27. The zero-order chi connectivity index (χ0) is 23.0. The number of piperidine rings is 1. The number of pyridine rings is 2. The molecule has 4 aromatic rings. The third-order valence-electron chi connectivity index (χ3n) is 5.81. The second kappa shape index (κ2) is 8.34. The predicted molar refractivity (Wildman–Crippen MR) is 115 cm³/mol. The Morgan fingerprint density at radius 2 is 1.85 bits per heavy atom. The Morgan fingerprint density at radius 3 is 2.55 bits per heavy atom. The van der Waals surface area contributed by atoms with Crippen molar-refractivity contribution in [1.29, 1.82) is 0 Å². The van der Waals surface area contributed by atoms with E-state index < -0.39 is 11.9 Å². The van der Waals surface area contributed by atoms with E-state index in [2.05, 4.69) is 20.0 Å². The van der Waals surface area contributed by atoms with Crippen molar-refractivity contribution in [3.63, 3.8) is 0 Å². The van der Waals surface area contributed by atoms with Crippen molar-refractivity contribution in [2.45, 2.75) is 24.9 Å². The lowest BCUT2D eigenvalue weighted by atomic mass is 9.96. The standard InChI is InChI=1S/C23H20F3N5O2/c1-32-17-4-2-3-14-6-8-19(28-20(14)17)31-11-9-15(10-12-31)22-29-21(30-33-22)16-5-7-18(27-13-16)23(24,25)26/h2-8,13,15H,9-12H2,1H3. The second-order valence-electron chi connectivity index (χ2n) is 7.85. The molecule has 3 aromatic heterocycles. The van der Waals surface area contributed by atoms with E-state index in [4.69, 9.17) is 14.2 Å². The first-order valence-electron chi connectivity index (χ1n) is 10.5. The number of para-hydroxylation sites is 1. The van der Waals surface area contributed by atoms with Crippen LogP contribution < -0.4 is 9.64 Å². The molecular weight excluding hydrogens is 435 g/mol. The molecule has 5 rings (SSSR count). The summed E-state index contributed by atoms with van der Waals surface area (Å²) in [7, 11) is 1.63. The lowest BCUT2D eigenvalue weighted by Gasteiger charge is -2.31. The Kier molecular flexibility index (Phi) is 5.35. The molecule has 1 fully saturated rings. The van der Waals surface area contributed by atoms with Crippen LogP contribution in [0.2, 0.25) is 0 Å². The zero-order valence-corrected chi connectivity index (χ0v) is 17.7. The minimum absolute atomic E-state index is 0.0694. The fourth-order valence-corrected chi connectivity index (χ4v) is 4.02.